The van der Waals surface area contributed by atoms with Crippen LogP contribution in [0, 0.1) is 0 Å². The molecule has 10 aromatic carbocycles. The second-order valence-corrected chi connectivity index (χ2v) is 14.7. The molecule has 2 aromatic heterocycles. The van der Waals surface area contributed by atoms with Crippen molar-refractivity contribution >= 4 is 76.2 Å². The Labute approximate surface area is 322 Å². The Balaban J connectivity index is 1.20. The van der Waals surface area contributed by atoms with Gasteiger partial charge in [0.1, 0.15) is 22.3 Å². The van der Waals surface area contributed by atoms with Gasteiger partial charge in [0, 0.05) is 21.5 Å². The summed E-state index contributed by atoms with van der Waals surface area (Å²) in [6.07, 6.45) is 0. The molecule has 0 aliphatic carbocycles. The summed E-state index contributed by atoms with van der Waals surface area (Å²) in [5, 5.41) is 11.8. The van der Waals surface area contributed by atoms with E-state index in [9.17, 15) is 0 Å². The Morgan fingerprint density at radius 2 is 0.732 bits per heavy atom. The Kier molecular flexibility index (Phi) is 6.66. The van der Waals surface area contributed by atoms with Crippen molar-refractivity contribution in [2.45, 2.75) is 0 Å². The van der Waals surface area contributed by atoms with Crippen LogP contribution in [-0.2, 0) is 0 Å². The topological polar surface area (TPSA) is 26.3 Å². The number of hydrogen-bond donors (Lipinski definition) is 0. The molecule has 0 aliphatic rings. The third kappa shape index (κ3) is 4.57. The van der Waals surface area contributed by atoms with Crippen molar-refractivity contribution < 1.29 is 8.83 Å². The van der Waals surface area contributed by atoms with Crippen LogP contribution < -0.4 is 0 Å². The summed E-state index contributed by atoms with van der Waals surface area (Å²) in [6, 6.07) is 69.9. The van der Waals surface area contributed by atoms with Crippen molar-refractivity contribution in [1.82, 2.24) is 0 Å². The number of rotatable bonds is 4. The fraction of sp³-hybridized carbons (Fsp3) is 0. The van der Waals surface area contributed by atoms with E-state index in [1.54, 1.807) is 0 Å². The fourth-order valence-electron chi connectivity index (χ4n) is 9.25. The van der Waals surface area contributed by atoms with Crippen LogP contribution in [0.25, 0.3) is 121 Å². The van der Waals surface area contributed by atoms with Gasteiger partial charge in [0.05, 0.1) is 0 Å². The monoisotopic (exact) mass is 712 g/mol. The maximum Gasteiger partial charge on any atom is 0.136 e. The van der Waals surface area contributed by atoms with Gasteiger partial charge in [-0.3, -0.25) is 0 Å². The van der Waals surface area contributed by atoms with Crippen molar-refractivity contribution in [3.8, 4) is 44.5 Å². The lowest BCUT2D eigenvalue weighted by Gasteiger charge is -2.18. The maximum atomic E-state index is 6.41. The molecule has 0 saturated carbocycles. The van der Waals surface area contributed by atoms with Gasteiger partial charge in [-0.15, -0.1) is 0 Å². The van der Waals surface area contributed by atoms with E-state index in [2.05, 4.69) is 182 Å². The molecule has 0 saturated heterocycles. The standard InChI is InChI=1S/C54H32O2/c1-2-13-33(14-3-1)36-18-8-15-34-31-35(29-30-37(34)36)52-42-21-9-19-38(40-23-11-27-50-53(40)44-16-4-6-25-48(44)55-50)46(42)32-47-39(20-10-22-43(47)52)41-24-12-28-51-54(41)45-17-5-7-26-49(45)56-51/h1-32H. The van der Waals surface area contributed by atoms with Gasteiger partial charge in [0.2, 0.25) is 0 Å². The van der Waals surface area contributed by atoms with E-state index in [0.29, 0.717) is 0 Å². The Morgan fingerprint density at radius 3 is 1.36 bits per heavy atom. The molecule has 2 nitrogen and oxygen atoms in total. The first-order chi connectivity index (χ1) is 27.8. The molecule has 0 amide bonds. The lowest BCUT2D eigenvalue weighted by atomic mass is 9.84. The summed E-state index contributed by atoms with van der Waals surface area (Å²) in [6.45, 7) is 0. The third-order valence-corrected chi connectivity index (χ3v) is 11.7. The minimum atomic E-state index is 0.893. The van der Waals surface area contributed by atoms with Crippen molar-refractivity contribution in [3.63, 3.8) is 0 Å². The third-order valence-electron chi connectivity index (χ3n) is 11.7. The molecule has 56 heavy (non-hydrogen) atoms. The van der Waals surface area contributed by atoms with Gasteiger partial charge in [0.15, 0.2) is 0 Å². The molecule has 0 fully saturated rings. The average molecular weight is 713 g/mol. The van der Waals surface area contributed by atoms with Crippen LogP contribution >= 0.6 is 0 Å². The van der Waals surface area contributed by atoms with E-state index in [1.807, 2.05) is 12.1 Å². The van der Waals surface area contributed by atoms with Crippen molar-refractivity contribution in [2.24, 2.45) is 0 Å². The van der Waals surface area contributed by atoms with Crippen LogP contribution in [0.2, 0.25) is 0 Å². The Hall–Kier alpha value is -7.42. The summed E-state index contributed by atoms with van der Waals surface area (Å²) in [5.41, 5.74) is 13.1. The number of hydrogen-bond acceptors (Lipinski definition) is 2. The quantitative estimate of drug-likeness (QED) is 0.170. The van der Waals surface area contributed by atoms with Crippen LogP contribution in [0.15, 0.2) is 203 Å². The predicted octanol–water partition coefficient (Wildman–Crippen LogP) is 15.6. The molecule has 0 unspecified atom stereocenters. The molecular formula is C54H32O2. The highest BCUT2D eigenvalue weighted by Crippen LogP contribution is 2.47. The normalized spacial score (nSPS) is 11.9. The van der Waals surface area contributed by atoms with Gasteiger partial charge < -0.3 is 8.83 Å². The zero-order chi connectivity index (χ0) is 36.7. The highest BCUT2D eigenvalue weighted by molar-refractivity contribution is 6.24. The summed E-state index contributed by atoms with van der Waals surface area (Å²) in [5.74, 6) is 0. The molecule has 0 radical (unpaired) electrons. The van der Waals surface area contributed by atoms with Crippen LogP contribution in [0.5, 0.6) is 0 Å². The van der Waals surface area contributed by atoms with E-state index in [0.717, 1.165) is 55.0 Å². The lowest BCUT2D eigenvalue weighted by molar-refractivity contribution is 0.668. The van der Waals surface area contributed by atoms with Crippen molar-refractivity contribution in [1.29, 1.82) is 0 Å². The molecule has 2 heteroatoms. The van der Waals surface area contributed by atoms with Crippen LogP contribution in [0.3, 0.4) is 0 Å². The lowest BCUT2D eigenvalue weighted by Crippen LogP contribution is -1.91. The number of fused-ring (bicyclic) bond motifs is 9. The van der Waals surface area contributed by atoms with E-state index in [1.165, 1.54) is 65.7 Å². The van der Waals surface area contributed by atoms with Crippen molar-refractivity contribution in [3.05, 3.63) is 194 Å². The SMILES string of the molecule is c1ccc(-c2cccc3cc(-c4c5cccc(-c6cccc7oc8ccccc8c67)c5cc5c(-c6cccc7oc8ccccc8c67)cccc45)ccc23)cc1. The molecule has 0 N–H and O–H groups in total. The van der Waals surface area contributed by atoms with Gasteiger partial charge in [-0.1, -0.05) is 158 Å². The van der Waals surface area contributed by atoms with Gasteiger partial charge in [-0.2, -0.15) is 0 Å². The van der Waals surface area contributed by atoms with E-state index in [-0.39, 0.29) is 0 Å². The molecule has 260 valence electrons. The van der Waals surface area contributed by atoms with Gasteiger partial charge in [0.25, 0.3) is 0 Å². The van der Waals surface area contributed by atoms with E-state index >= 15 is 0 Å². The smallest absolute Gasteiger partial charge is 0.136 e. The van der Waals surface area contributed by atoms with Gasteiger partial charge in [-0.05, 0) is 113 Å². The molecule has 12 rings (SSSR count). The zero-order valence-electron chi connectivity index (χ0n) is 30.3. The first-order valence-corrected chi connectivity index (χ1v) is 19.2. The van der Waals surface area contributed by atoms with E-state index in [4.69, 9.17) is 8.83 Å². The fourth-order valence-corrected chi connectivity index (χ4v) is 9.25. The summed E-state index contributed by atoms with van der Waals surface area (Å²) >= 11 is 0. The molecular weight excluding hydrogens is 681 g/mol. The number of benzene rings is 10. The number of furan rings is 2. The molecule has 0 bridgehead atoms. The van der Waals surface area contributed by atoms with Gasteiger partial charge in [-0.25, -0.2) is 0 Å². The average Bonchev–Trinajstić information content (AvgIpc) is 3.84. The van der Waals surface area contributed by atoms with Crippen LogP contribution in [0.4, 0.5) is 0 Å². The predicted molar refractivity (Wildman–Crippen MR) is 235 cm³/mol. The molecule has 2 heterocycles. The Morgan fingerprint density at radius 1 is 0.250 bits per heavy atom. The second kappa shape index (κ2) is 12.0. The van der Waals surface area contributed by atoms with E-state index < -0.39 is 0 Å². The highest BCUT2D eigenvalue weighted by Gasteiger charge is 2.21. The summed E-state index contributed by atoms with van der Waals surface area (Å²) in [7, 11) is 0. The zero-order valence-corrected chi connectivity index (χ0v) is 30.3. The minimum absolute atomic E-state index is 0.893. The van der Waals surface area contributed by atoms with Crippen LogP contribution in [-0.4, -0.2) is 0 Å². The maximum absolute atomic E-state index is 6.41. The molecule has 0 spiro atoms. The summed E-state index contributed by atoms with van der Waals surface area (Å²) < 4.78 is 12.8. The minimum Gasteiger partial charge on any atom is -0.456 e. The molecule has 12 aromatic rings. The first kappa shape index (κ1) is 31.0. The molecule has 0 atom stereocenters. The highest BCUT2D eigenvalue weighted by atomic mass is 16.3. The Bertz CT molecular complexity index is 3360. The summed E-state index contributed by atoms with van der Waals surface area (Å²) in [4.78, 5) is 0. The first-order valence-electron chi connectivity index (χ1n) is 19.2. The van der Waals surface area contributed by atoms with Crippen LogP contribution in [0.1, 0.15) is 0 Å². The van der Waals surface area contributed by atoms with Crippen molar-refractivity contribution in [2.75, 3.05) is 0 Å². The molecule has 0 aliphatic heterocycles. The largest absolute Gasteiger partial charge is 0.456 e. The number of para-hydroxylation sites is 2. The second-order valence-electron chi connectivity index (χ2n) is 14.7. The van der Waals surface area contributed by atoms with Gasteiger partial charge >= 0.3 is 0 Å².